The number of rotatable bonds is 2. The topological polar surface area (TPSA) is 64.8 Å². The lowest BCUT2D eigenvalue weighted by molar-refractivity contribution is -0.0453. The monoisotopic (exact) mass is 277 g/mol. The van der Waals surface area contributed by atoms with Gasteiger partial charge in [-0.3, -0.25) is 0 Å². The lowest BCUT2D eigenvalue weighted by Crippen LogP contribution is -2.31. The van der Waals surface area contributed by atoms with Crippen molar-refractivity contribution in [2.45, 2.75) is 5.51 Å². The van der Waals surface area contributed by atoms with Crippen LogP contribution in [-0.4, -0.2) is 28.3 Å². The first-order chi connectivity index (χ1) is 8.32. The molecule has 0 amide bonds. The van der Waals surface area contributed by atoms with Crippen LogP contribution in [0.3, 0.4) is 0 Å². The molecule has 0 aliphatic rings. The van der Waals surface area contributed by atoms with E-state index in [2.05, 4.69) is 10.2 Å². The molecule has 2 rings (SSSR count). The van der Waals surface area contributed by atoms with Crippen molar-refractivity contribution in [2.75, 3.05) is 0 Å². The normalized spacial score (nSPS) is 12.6. The van der Waals surface area contributed by atoms with Crippen molar-refractivity contribution in [1.82, 2.24) is 14.4 Å². The van der Waals surface area contributed by atoms with Crippen LogP contribution in [0.2, 0.25) is 0 Å². The molecule has 1 heterocycles. The van der Waals surface area contributed by atoms with Gasteiger partial charge in [-0.05, 0) is 0 Å². The molecule has 5 nitrogen and oxygen atoms in total. The summed E-state index contributed by atoms with van der Waals surface area (Å²) < 4.78 is 58.4. The summed E-state index contributed by atoms with van der Waals surface area (Å²) in [6.45, 7) is 0. The Kier molecular flexibility index (Phi) is 2.85. The summed E-state index contributed by atoms with van der Waals surface area (Å²) in [4.78, 5) is 0. The second kappa shape index (κ2) is 4.09. The van der Waals surface area contributed by atoms with Crippen LogP contribution >= 0.6 is 0 Å². The number of hydrogen-bond acceptors (Lipinski definition) is 4. The number of alkyl halides is 3. The first-order valence-electron chi connectivity index (χ1n) is 4.62. The molecule has 96 valence electrons. The highest BCUT2D eigenvalue weighted by Crippen LogP contribution is 2.25. The second-order valence-electron chi connectivity index (χ2n) is 3.27. The molecule has 0 N–H and O–H groups in total. The maximum Gasteiger partial charge on any atom is 0.520 e. The van der Waals surface area contributed by atoms with E-state index in [0.29, 0.717) is 5.56 Å². The Bertz CT molecular complexity index is 649. The number of benzene rings is 1. The minimum absolute atomic E-state index is 0.0448. The fourth-order valence-corrected chi connectivity index (χ4v) is 1.75. The summed E-state index contributed by atoms with van der Waals surface area (Å²) in [5.41, 5.74) is -4.91. The molecule has 0 aliphatic carbocycles. The molecular weight excluding hydrogens is 271 g/mol. The van der Waals surface area contributed by atoms with E-state index in [1.54, 1.807) is 30.3 Å². The Morgan fingerprint density at radius 3 is 2.28 bits per heavy atom. The first kappa shape index (κ1) is 12.6. The summed E-state index contributed by atoms with van der Waals surface area (Å²) in [5.74, 6) is 0. The predicted octanol–water partition coefficient (Wildman–Crippen LogP) is 1.64. The fraction of sp³-hybridized carbons (Fsp3) is 0.111. The zero-order valence-corrected chi connectivity index (χ0v) is 9.48. The van der Waals surface area contributed by atoms with Gasteiger partial charge in [-0.25, -0.2) is 0 Å². The molecule has 0 radical (unpaired) electrons. The molecule has 1 aromatic heterocycles. The molecule has 0 unspecified atom stereocenters. The smallest absolute Gasteiger partial charge is 0.193 e. The Balaban J connectivity index is 2.45. The SMILES string of the molecule is O=S(=O)(n1ncc(-c2ccccc2)n1)C(F)(F)F. The average molecular weight is 277 g/mol. The maximum atomic E-state index is 12.2. The summed E-state index contributed by atoms with van der Waals surface area (Å²) in [7, 11) is -5.57. The zero-order valence-electron chi connectivity index (χ0n) is 8.66. The largest absolute Gasteiger partial charge is 0.520 e. The van der Waals surface area contributed by atoms with Gasteiger partial charge in [0.25, 0.3) is 0 Å². The Hall–Kier alpha value is -1.90. The molecule has 0 saturated carbocycles. The Morgan fingerprint density at radius 1 is 1.11 bits per heavy atom. The number of aromatic nitrogens is 3. The van der Waals surface area contributed by atoms with Gasteiger partial charge in [-0.2, -0.15) is 21.6 Å². The number of hydrogen-bond donors (Lipinski definition) is 0. The molecule has 0 fully saturated rings. The fourth-order valence-electron chi connectivity index (χ4n) is 1.20. The van der Waals surface area contributed by atoms with Crippen LogP contribution in [-0.2, 0) is 10.0 Å². The first-order valence-corrected chi connectivity index (χ1v) is 6.06. The van der Waals surface area contributed by atoms with E-state index in [1.165, 1.54) is 0 Å². The third-order valence-corrected chi connectivity index (χ3v) is 3.24. The van der Waals surface area contributed by atoms with Gasteiger partial charge in [-0.1, -0.05) is 34.5 Å². The van der Waals surface area contributed by atoms with E-state index in [4.69, 9.17) is 0 Å². The second-order valence-corrected chi connectivity index (χ2v) is 5.01. The molecule has 0 spiro atoms. The highest BCUT2D eigenvalue weighted by Gasteiger charge is 2.49. The van der Waals surface area contributed by atoms with Crippen LogP contribution in [0, 0.1) is 0 Å². The van der Waals surface area contributed by atoms with Gasteiger partial charge in [0.2, 0.25) is 0 Å². The lowest BCUT2D eigenvalue weighted by atomic mass is 10.2. The van der Waals surface area contributed by atoms with Crippen LogP contribution in [0.4, 0.5) is 13.2 Å². The predicted molar refractivity (Wildman–Crippen MR) is 55.8 cm³/mol. The number of halogens is 3. The van der Waals surface area contributed by atoms with Crippen molar-refractivity contribution in [3.8, 4) is 11.3 Å². The summed E-state index contributed by atoms with van der Waals surface area (Å²) in [6, 6.07) is 8.16. The van der Waals surface area contributed by atoms with Gasteiger partial charge in [0.05, 0.1) is 6.20 Å². The average Bonchev–Trinajstić information content (AvgIpc) is 2.78. The van der Waals surface area contributed by atoms with Crippen LogP contribution < -0.4 is 0 Å². The van der Waals surface area contributed by atoms with E-state index >= 15 is 0 Å². The van der Waals surface area contributed by atoms with Gasteiger partial charge in [0, 0.05) is 5.56 Å². The quantitative estimate of drug-likeness (QED) is 0.837. The number of nitrogens with zero attached hydrogens (tertiary/aromatic N) is 3. The molecule has 1 aromatic carbocycles. The molecular formula is C9H6F3N3O2S. The minimum atomic E-state index is -5.57. The van der Waals surface area contributed by atoms with E-state index in [0.717, 1.165) is 6.20 Å². The van der Waals surface area contributed by atoms with Gasteiger partial charge >= 0.3 is 15.5 Å². The Labute approximate surface area is 99.9 Å². The summed E-state index contributed by atoms with van der Waals surface area (Å²) in [5, 5.41) is 6.44. The Morgan fingerprint density at radius 2 is 1.72 bits per heavy atom. The molecule has 18 heavy (non-hydrogen) atoms. The van der Waals surface area contributed by atoms with Crippen LogP contribution in [0.25, 0.3) is 11.3 Å². The molecule has 2 aromatic rings. The third kappa shape index (κ3) is 2.08. The van der Waals surface area contributed by atoms with Gasteiger partial charge in [0.1, 0.15) is 5.69 Å². The van der Waals surface area contributed by atoms with Crippen molar-refractivity contribution < 1.29 is 21.6 Å². The van der Waals surface area contributed by atoms with Crippen molar-refractivity contribution in [3.05, 3.63) is 36.5 Å². The molecule has 0 atom stereocenters. The van der Waals surface area contributed by atoms with E-state index < -0.39 is 15.5 Å². The van der Waals surface area contributed by atoms with Crippen LogP contribution in [0.5, 0.6) is 0 Å². The molecule has 0 saturated heterocycles. The van der Waals surface area contributed by atoms with Crippen molar-refractivity contribution in [2.24, 2.45) is 0 Å². The highest BCUT2D eigenvalue weighted by molar-refractivity contribution is 7.90. The van der Waals surface area contributed by atoms with Crippen LogP contribution in [0.1, 0.15) is 0 Å². The van der Waals surface area contributed by atoms with Gasteiger partial charge in [0.15, 0.2) is 0 Å². The van der Waals surface area contributed by atoms with E-state index in [9.17, 15) is 21.6 Å². The standard InChI is InChI=1S/C9H6F3N3O2S/c10-9(11,12)18(16,17)15-13-6-8(14-15)7-4-2-1-3-5-7/h1-6H. The third-order valence-electron chi connectivity index (χ3n) is 2.05. The van der Waals surface area contributed by atoms with Crippen LogP contribution in [0.15, 0.2) is 36.5 Å². The maximum absolute atomic E-state index is 12.2. The zero-order chi connectivity index (χ0) is 13.4. The van der Waals surface area contributed by atoms with Gasteiger partial charge < -0.3 is 0 Å². The van der Waals surface area contributed by atoms with E-state index in [-0.39, 0.29) is 9.90 Å². The molecule has 0 aliphatic heterocycles. The van der Waals surface area contributed by atoms with Crippen molar-refractivity contribution >= 4 is 10.0 Å². The minimum Gasteiger partial charge on any atom is -0.193 e. The van der Waals surface area contributed by atoms with Crippen molar-refractivity contribution in [3.63, 3.8) is 0 Å². The molecule has 0 bridgehead atoms. The molecule has 9 heteroatoms. The van der Waals surface area contributed by atoms with Crippen molar-refractivity contribution in [1.29, 1.82) is 0 Å². The van der Waals surface area contributed by atoms with E-state index in [1.807, 2.05) is 0 Å². The lowest BCUT2D eigenvalue weighted by Gasteiger charge is -2.05. The van der Waals surface area contributed by atoms with Gasteiger partial charge in [-0.15, -0.1) is 10.2 Å². The summed E-state index contributed by atoms with van der Waals surface area (Å²) in [6.07, 6.45) is 0.957. The highest BCUT2D eigenvalue weighted by atomic mass is 32.2. The summed E-state index contributed by atoms with van der Waals surface area (Å²) >= 11 is 0.